The van der Waals surface area contributed by atoms with E-state index in [0.717, 1.165) is 0 Å². The van der Waals surface area contributed by atoms with Crippen LogP contribution in [0.25, 0.3) is 0 Å². The molecule has 2 unspecified atom stereocenters. The molecule has 0 aromatic heterocycles. The number of carbonyl (C=O) groups is 1. The maximum Gasteiger partial charge on any atom is 0.236 e. The number of carbonyl (C=O) groups excluding carboxylic acids is 1. The Kier molecular flexibility index (Phi) is 5.16. The van der Waals surface area contributed by atoms with Crippen molar-refractivity contribution in [3.05, 3.63) is 23.2 Å². The molecule has 18 heavy (non-hydrogen) atoms. The van der Waals surface area contributed by atoms with Gasteiger partial charge in [-0.15, -0.1) is 0 Å². The maximum absolute atomic E-state index is 12.2. The highest BCUT2D eigenvalue weighted by molar-refractivity contribution is 7.86. The monoisotopic (exact) mass is 288 g/mol. The van der Waals surface area contributed by atoms with Gasteiger partial charge in [0.15, 0.2) is 0 Å². The third kappa shape index (κ3) is 3.71. The highest BCUT2D eigenvalue weighted by Crippen LogP contribution is 2.24. The normalized spacial score (nSPS) is 14.3. The van der Waals surface area contributed by atoms with Crippen molar-refractivity contribution in [2.45, 2.75) is 37.0 Å². The van der Waals surface area contributed by atoms with Crippen LogP contribution in [0.3, 0.4) is 0 Å². The van der Waals surface area contributed by atoms with Crippen LogP contribution in [-0.2, 0) is 15.6 Å². The molecule has 0 heterocycles. The molecule has 0 bridgehead atoms. The standard InChI is InChI=1S/C12H17ClN2O2S/c1-7(2)15-12(16)8(3)18(17)11-5-4-9(14)6-10(11)13/h4-8H,14H2,1-3H3,(H,15,16). The van der Waals surface area contributed by atoms with Crippen molar-refractivity contribution in [2.75, 3.05) is 5.73 Å². The Morgan fingerprint density at radius 3 is 2.50 bits per heavy atom. The number of nitrogens with one attached hydrogen (secondary N) is 1. The number of hydrogen-bond donors (Lipinski definition) is 2. The Balaban J connectivity index is 2.90. The average Bonchev–Trinajstić information content (AvgIpc) is 2.26. The van der Waals surface area contributed by atoms with E-state index in [2.05, 4.69) is 5.32 Å². The van der Waals surface area contributed by atoms with Crippen LogP contribution in [0.15, 0.2) is 23.1 Å². The van der Waals surface area contributed by atoms with Crippen molar-refractivity contribution in [3.63, 3.8) is 0 Å². The molecule has 0 saturated carbocycles. The third-order valence-electron chi connectivity index (χ3n) is 2.29. The van der Waals surface area contributed by atoms with E-state index in [0.29, 0.717) is 15.6 Å². The molecule has 6 heteroatoms. The van der Waals surface area contributed by atoms with Gasteiger partial charge >= 0.3 is 0 Å². The molecule has 0 saturated heterocycles. The van der Waals surface area contributed by atoms with Gasteiger partial charge < -0.3 is 11.1 Å². The number of halogens is 1. The van der Waals surface area contributed by atoms with Crippen molar-refractivity contribution < 1.29 is 9.00 Å². The van der Waals surface area contributed by atoms with Gasteiger partial charge in [-0.05, 0) is 39.0 Å². The number of hydrogen-bond acceptors (Lipinski definition) is 3. The van der Waals surface area contributed by atoms with Crippen LogP contribution < -0.4 is 11.1 Å². The average molecular weight is 289 g/mol. The molecule has 0 fully saturated rings. The molecule has 3 N–H and O–H groups in total. The van der Waals surface area contributed by atoms with Crippen molar-refractivity contribution >= 4 is 34.0 Å². The summed E-state index contributed by atoms with van der Waals surface area (Å²) in [6.45, 7) is 5.31. The summed E-state index contributed by atoms with van der Waals surface area (Å²) < 4.78 is 12.2. The van der Waals surface area contributed by atoms with E-state index in [4.69, 9.17) is 17.3 Å². The molecular formula is C12H17ClN2O2S. The molecule has 1 aromatic rings. The van der Waals surface area contributed by atoms with Crippen molar-refractivity contribution in [3.8, 4) is 0 Å². The lowest BCUT2D eigenvalue weighted by atomic mass is 10.3. The van der Waals surface area contributed by atoms with Crippen molar-refractivity contribution in [1.82, 2.24) is 5.32 Å². The van der Waals surface area contributed by atoms with E-state index in [9.17, 15) is 9.00 Å². The molecule has 2 atom stereocenters. The fourth-order valence-corrected chi connectivity index (χ4v) is 2.88. The van der Waals surface area contributed by atoms with Gasteiger partial charge in [0.2, 0.25) is 5.91 Å². The van der Waals surface area contributed by atoms with Gasteiger partial charge in [0.25, 0.3) is 0 Å². The smallest absolute Gasteiger partial charge is 0.236 e. The summed E-state index contributed by atoms with van der Waals surface area (Å²) in [5, 5.41) is 2.38. The minimum absolute atomic E-state index is 0.0128. The van der Waals surface area contributed by atoms with Crippen LogP contribution in [0, 0.1) is 0 Å². The highest BCUT2D eigenvalue weighted by Gasteiger charge is 2.23. The Bertz CT molecular complexity index is 477. The molecule has 100 valence electrons. The second kappa shape index (κ2) is 6.20. The summed E-state index contributed by atoms with van der Waals surface area (Å²) in [5.41, 5.74) is 6.07. The summed E-state index contributed by atoms with van der Waals surface area (Å²) in [4.78, 5) is 12.2. The third-order valence-corrected chi connectivity index (χ3v) is 4.36. The van der Waals surface area contributed by atoms with Gasteiger partial charge in [0.05, 0.1) is 20.7 Å². The first-order chi connectivity index (χ1) is 8.32. The fourth-order valence-electron chi connectivity index (χ4n) is 1.37. The predicted molar refractivity (Wildman–Crippen MR) is 75.0 cm³/mol. The lowest BCUT2D eigenvalue weighted by molar-refractivity contribution is -0.120. The molecule has 1 amide bonds. The van der Waals surface area contributed by atoms with Crippen LogP contribution in [0.1, 0.15) is 20.8 Å². The fraction of sp³-hybridized carbons (Fsp3) is 0.417. The van der Waals surface area contributed by atoms with Gasteiger partial charge in [0.1, 0.15) is 5.25 Å². The first kappa shape index (κ1) is 15.0. The van der Waals surface area contributed by atoms with Gasteiger partial charge in [-0.25, -0.2) is 0 Å². The second-order valence-electron chi connectivity index (χ2n) is 4.29. The van der Waals surface area contributed by atoms with Gasteiger partial charge in [0, 0.05) is 11.7 Å². The van der Waals surface area contributed by atoms with E-state index in [1.807, 2.05) is 13.8 Å². The summed E-state index contributed by atoms with van der Waals surface area (Å²) in [5.74, 6) is -0.253. The lowest BCUT2D eigenvalue weighted by Gasteiger charge is -2.15. The Morgan fingerprint density at radius 2 is 2.00 bits per heavy atom. The number of anilines is 1. The zero-order chi connectivity index (χ0) is 13.9. The minimum atomic E-state index is -1.49. The van der Waals surface area contributed by atoms with E-state index < -0.39 is 16.0 Å². The maximum atomic E-state index is 12.2. The summed E-state index contributed by atoms with van der Waals surface area (Å²) in [7, 11) is -1.49. The zero-order valence-electron chi connectivity index (χ0n) is 10.6. The lowest BCUT2D eigenvalue weighted by Crippen LogP contribution is -2.39. The largest absolute Gasteiger partial charge is 0.399 e. The number of amides is 1. The molecule has 0 aliphatic heterocycles. The summed E-state index contributed by atoms with van der Waals surface area (Å²) >= 11 is 5.97. The number of nitrogen functional groups attached to an aromatic ring is 1. The molecule has 0 radical (unpaired) electrons. The first-order valence-electron chi connectivity index (χ1n) is 5.59. The number of benzene rings is 1. The summed E-state index contributed by atoms with van der Waals surface area (Å²) in [6, 6.07) is 4.75. The van der Waals surface area contributed by atoms with Gasteiger partial charge in [-0.1, -0.05) is 11.6 Å². The van der Waals surface area contributed by atoms with E-state index in [1.165, 1.54) is 6.07 Å². The van der Waals surface area contributed by atoms with Crippen LogP contribution >= 0.6 is 11.6 Å². The molecule has 0 spiro atoms. The van der Waals surface area contributed by atoms with Crippen LogP contribution in [-0.4, -0.2) is 21.4 Å². The topological polar surface area (TPSA) is 72.2 Å². The predicted octanol–water partition coefficient (Wildman–Crippen LogP) is 1.94. The molecular weight excluding hydrogens is 272 g/mol. The van der Waals surface area contributed by atoms with E-state index in [-0.39, 0.29) is 11.9 Å². The molecule has 1 aromatic carbocycles. The summed E-state index contributed by atoms with van der Waals surface area (Å²) in [6.07, 6.45) is 0. The SMILES string of the molecule is CC(C)NC(=O)C(C)S(=O)c1ccc(N)cc1Cl. The van der Waals surface area contributed by atoms with Gasteiger partial charge in [-0.2, -0.15) is 0 Å². The Hall–Kier alpha value is -1.07. The quantitative estimate of drug-likeness (QED) is 0.832. The van der Waals surface area contributed by atoms with Crippen molar-refractivity contribution in [1.29, 1.82) is 0 Å². The van der Waals surface area contributed by atoms with Crippen LogP contribution in [0.4, 0.5) is 5.69 Å². The first-order valence-corrected chi connectivity index (χ1v) is 7.18. The van der Waals surface area contributed by atoms with E-state index >= 15 is 0 Å². The minimum Gasteiger partial charge on any atom is -0.399 e. The Labute approximate surface area is 114 Å². The molecule has 1 rings (SSSR count). The number of rotatable bonds is 4. The van der Waals surface area contributed by atoms with E-state index in [1.54, 1.807) is 19.1 Å². The molecule has 0 aliphatic rings. The van der Waals surface area contributed by atoms with Gasteiger partial charge in [-0.3, -0.25) is 9.00 Å². The molecule has 4 nitrogen and oxygen atoms in total. The van der Waals surface area contributed by atoms with Crippen LogP contribution in [0.5, 0.6) is 0 Å². The highest BCUT2D eigenvalue weighted by atomic mass is 35.5. The van der Waals surface area contributed by atoms with Crippen LogP contribution in [0.2, 0.25) is 5.02 Å². The van der Waals surface area contributed by atoms with Crippen molar-refractivity contribution in [2.24, 2.45) is 0 Å². The Morgan fingerprint density at radius 1 is 1.39 bits per heavy atom. The zero-order valence-corrected chi connectivity index (χ0v) is 12.1. The second-order valence-corrected chi connectivity index (χ2v) is 6.44. The number of nitrogens with two attached hydrogens (primary N) is 1. The molecule has 0 aliphatic carbocycles.